The third-order valence-corrected chi connectivity index (χ3v) is 6.09. The summed E-state index contributed by atoms with van der Waals surface area (Å²) >= 11 is 1.26. The molecule has 4 aromatic rings. The second-order valence-corrected chi connectivity index (χ2v) is 8.15. The number of anilines is 3. The molecule has 0 bridgehead atoms. The smallest absolute Gasteiger partial charge is 0.294 e. The van der Waals surface area contributed by atoms with Gasteiger partial charge in [0.1, 0.15) is 11.8 Å². The first kappa shape index (κ1) is 19.8. The Hall–Kier alpha value is -4.10. The van der Waals surface area contributed by atoms with Gasteiger partial charge in [-0.05, 0) is 60.0 Å². The summed E-state index contributed by atoms with van der Waals surface area (Å²) in [5.41, 5.74) is 2.33. The van der Waals surface area contributed by atoms with Crippen LogP contribution in [0.15, 0.2) is 106 Å². The maximum Gasteiger partial charge on any atom is 0.294 e. The lowest BCUT2D eigenvalue weighted by Gasteiger charge is -2.25. The Morgan fingerprint density at radius 3 is 2.34 bits per heavy atom. The number of thiophene rings is 1. The van der Waals surface area contributed by atoms with E-state index in [1.165, 1.54) is 22.5 Å². The second-order valence-electron chi connectivity index (χ2n) is 7.20. The molecule has 0 aliphatic carbocycles. The molecule has 0 fully saturated rings. The van der Waals surface area contributed by atoms with Crippen molar-refractivity contribution in [2.24, 2.45) is 0 Å². The van der Waals surface area contributed by atoms with E-state index in [0.717, 1.165) is 11.4 Å². The van der Waals surface area contributed by atoms with Crippen molar-refractivity contribution >= 4 is 40.1 Å². The number of furan rings is 1. The molecule has 7 heteroatoms. The minimum absolute atomic E-state index is 0.0129. The summed E-state index contributed by atoms with van der Waals surface area (Å²) in [5, 5.41) is 15.8. The van der Waals surface area contributed by atoms with Crippen LogP contribution in [0.5, 0.6) is 0 Å². The monoisotopic (exact) mass is 442 g/mol. The molecule has 1 aliphatic rings. The predicted molar refractivity (Wildman–Crippen MR) is 123 cm³/mol. The normalized spacial score (nSPS) is 15.9. The zero-order valence-corrected chi connectivity index (χ0v) is 17.6. The first-order chi connectivity index (χ1) is 15.6. The molecule has 0 saturated carbocycles. The Kier molecular flexibility index (Phi) is 5.09. The number of nitrogens with one attached hydrogen (secondary N) is 1. The number of hydrogen-bond donors (Lipinski definition) is 2. The van der Waals surface area contributed by atoms with E-state index in [2.05, 4.69) is 5.32 Å². The molecule has 0 saturated heterocycles. The van der Waals surface area contributed by atoms with Gasteiger partial charge in [-0.25, -0.2) is 0 Å². The number of ketones is 1. The molecule has 1 atom stereocenters. The Morgan fingerprint density at radius 2 is 1.69 bits per heavy atom. The molecule has 2 N–H and O–H groups in total. The fourth-order valence-corrected chi connectivity index (χ4v) is 4.43. The Morgan fingerprint density at radius 1 is 0.938 bits per heavy atom. The van der Waals surface area contributed by atoms with Gasteiger partial charge in [0.15, 0.2) is 5.76 Å². The lowest BCUT2D eigenvalue weighted by molar-refractivity contribution is -0.117. The van der Waals surface area contributed by atoms with Crippen LogP contribution < -0.4 is 10.2 Å². The molecular weight excluding hydrogens is 424 g/mol. The van der Waals surface area contributed by atoms with Gasteiger partial charge in [0.05, 0.1) is 16.7 Å². The third kappa shape index (κ3) is 3.48. The van der Waals surface area contributed by atoms with E-state index in [0.29, 0.717) is 16.3 Å². The Bertz CT molecular complexity index is 1280. The van der Waals surface area contributed by atoms with Crippen molar-refractivity contribution in [3.8, 4) is 0 Å². The Labute approximate surface area is 188 Å². The third-order valence-electron chi connectivity index (χ3n) is 5.22. The van der Waals surface area contributed by atoms with Crippen molar-refractivity contribution in [3.63, 3.8) is 0 Å². The number of para-hydroxylation sites is 1. The van der Waals surface area contributed by atoms with Gasteiger partial charge in [-0.15, -0.1) is 11.3 Å². The average Bonchev–Trinajstić information content (AvgIpc) is 3.57. The van der Waals surface area contributed by atoms with Crippen molar-refractivity contribution < 1.29 is 19.1 Å². The zero-order chi connectivity index (χ0) is 22.1. The first-order valence-corrected chi connectivity index (χ1v) is 10.8. The van der Waals surface area contributed by atoms with Crippen molar-refractivity contribution in [2.45, 2.75) is 6.04 Å². The quantitative estimate of drug-likeness (QED) is 0.365. The van der Waals surface area contributed by atoms with E-state index in [9.17, 15) is 14.7 Å². The van der Waals surface area contributed by atoms with Crippen molar-refractivity contribution in [1.82, 2.24) is 0 Å². The van der Waals surface area contributed by atoms with Crippen LogP contribution in [0.4, 0.5) is 17.1 Å². The summed E-state index contributed by atoms with van der Waals surface area (Å²) < 4.78 is 5.57. The summed E-state index contributed by atoms with van der Waals surface area (Å²) in [7, 11) is 0. The van der Waals surface area contributed by atoms with E-state index >= 15 is 0 Å². The van der Waals surface area contributed by atoms with Crippen LogP contribution in [0, 0.1) is 0 Å². The van der Waals surface area contributed by atoms with Crippen LogP contribution in [-0.4, -0.2) is 16.8 Å². The van der Waals surface area contributed by atoms with E-state index in [-0.39, 0.29) is 5.57 Å². The molecule has 1 unspecified atom stereocenters. The van der Waals surface area contributed by atoms with Crippen LogP contribution in [0.1, 0.15) is 21.5 Å². The highest BCUT2D eigenvalue weighted by Crippen LogP contribution is 2.42. The molecule has 32 heavy (non-hydrogen) atoms. The first-order valence-electron chi connectivity index (χ1n) is 9.94. The number of Topliss-reactive ketones (excluding diaryl/α,β-unsaturated/α-hetero) is 1. The summed E-state index contributed by atoms with van der Waals surface area (Å²) in [6.07, 6.45) is 1.48. The van der Waals surface area contributed by atoms with Crippen LogP contribution in [0.25, 0.3) is 0 Å². The van der Waals surface area contributed by atoms with Crippen molar-refractivity contribution in [2.75, 3.05) is 10.2 Å². The van der Waals surface area contributed by atoms with Gasteiger partial charge < -0.3 is 14.8 Å². The molecule has 3 heterocycles. The van der Waals surface area contributed by atoms with E-state index in [1.54, 1.807) is 41.8 Å². The topological polar surface area (TPSA) is 82.8 Å². The van der Waals surface area contributed by atoms with Gasteiger partial charge in [-0.1, -0.05) is 24.3 Å². The minimum atomic E-state index is -0.861. The maximum absolute atomic E-state index is 13.2. The summed E-state index contributed by atoms with van der Waals surface area (Å²) in [6.45, 7) is 0. The van der Waals surface area contributed by atoms with Gasteiger partial charge in [0, 0.05) is 17.1 Å². The fourth-order valence-electron chi connectivity index (χ4n) is 3.75. The lowest BCUT2D eigenvalue weighted by atomic mass is 10.00. The van der Waals surface area contributed by atoms with Crippen LogP contribution in [-0.2, 0) is 4.79 Å². The SMILES string of the molecule is O=C(C1=C(O)C(=O)N(c2ccc(Nc3ccccc3)cc2)C1c1ccco1)c1cccs1. The lowest BCUT2D eigenvalue weighted by Crippen LogP contribution is -2.30. The van der Waals surface area contributed by atoms with E-state index in [1.807, 2.05) is 42.5 Å². The van der Waals surface area contributed by atoms with E-state index < -0.39 is 23.5 Å². The number of carbonyl (C=O) groups excluding carboxylic acids is 2. The van der Waals surface area contributed by atoms with Crippen molar-refractivity contribution in [3.05, 3.63) is 112 Å². The molecule has 1 amide bonds. The number of nitrogens with zero attached hydrogens (tertiary/aromatic N) is 1. The van der Waals surface area contributed by atoms with Gasteiger partial charge >= 0.3 is 0 Å². The number of hydrogen-bond acceptors (Lipinski definition) is 6. The summed E-state index contributed by atoms with van der Waals surface area (Å²) in [5.74, 6) is -1.20. The van der Waals surface area contributed by atoms with Crippen LogP contribution in [0.3, 0.4) is 0 Å². The van der Waals surface area contributed by atoms with Gasteiger partial charge in [-0.3, -0.25) is 14.5 Å². The average molecular weight is 442 g/mol. The molecule has 158 valence electrons. The molecule has 2 aromatic heterocycles. The molecule has 0 spiro atoms. The van der Waals surface area contributed by atoms with Crippen LogP contribution in [0.2, 0.25) is 0 Å². The number of rotatable bonds is 6. The van der Waals surface area contributed by atoms with E-state index in [4.69, 9.17) is 4.42 Å². The zero-order valence-electron chi connectivity index (χ0n) is 16.8. The molecule has 0 radical (unpaired) electrons. The van der Waals surface area contributed by atoms with Gasteiger partial charge in [-0.2, -0.15) is 0 Å². The van der Waals surface area contributed by atoms with Crippen molar-refractivity contribution in [1.29, 1.82) is 0 Å². The number of carbonyl (C=O) groups is 2. The largest absolute Gasteiger partial charge is 0.503 e. The number of aliphatic hydroxyl groups excluding tert-OH is 1. The van der Waals surface area contributed by atoms with Crippen LogP contribution >= 0.6 is 11.3 Å². The minimum Gasteiger partial charge on any atom is -0.503 e. The molecular formula is C25H18N2O4S. The predicted octanol–water partition coefficient (Wildman–Crippen LogP) is 5.87. The summed E-state index contributed by atoms with van der Waals surface area (Å²) in [6, 6.07) is 22.9. The number of amides is 1. The molecule has 2 aromatic carbocycles. The second kappa shape index (κ2) is 8.20. The Balaban J connectivity index is 1.50. The highest BCUT2D eigenvalue weighted by Gasteiger charge is 2.46. The molecule has 6 nitrogen and oxygen atoms in total. The molecule has 1 aliphatic heterocycles. The fraction of sp³-hybridized carbons (Fsp3) is 0.0400. The highest BCUT2D eigenvalue weighted by molar-refractivity contribution is 7.12. The summed E-state index contributed by atoms with van der Waals surface area (Å²) in [4.78, 5) is 28.1. The van der Waals surface area contributed by atoms with Gasteiger partial charge in [0.25, 0.3) is 5.91 Å². The maximum atomic E-state index is 13.2. The number of benzene rings is 2. The molecule has 5 rings (SSSR count). The van der Waals surface area contributed by atoms with Gasteiger partial charge in [0.2, 0.25) is 5.78 Å². The highest BCUT2D eigenvalue weighted by atomic mass is 32.1. The standard InChI is InChI=1S/C25H18N2O4S/c28-23(20-9-5-15-32-20)21-22(19-8-4-14-31-19)27(25(30)24(21)29)18-12-10-17(11-13-18)26-16-6-2-1-3-7-16/h1-15,22,26,29H. The number of aliphatic hydroxyl groups is 1.